The van der Waals surface area contributed by atoms with Crippen LogP contribution in [0.1, 0.15) is 18.7 Å². The van der Waals surface area contributed by atoms with Gasteiger partial charge in [0.05, 0.1) is 30.1 Å². The molecule has 2 heterocycles. The van der Waals surface area contributed by atoms with Crippen molar-refractivity contribution in [3.05, 3.63) is 40.4 Å². The van der Waals surface area contributed by atoms with Gasteiger partial charge in [-0.25, -0.2) is 4.98 Å². The van der Waals surface area contributed by atoms with E-state index in [0.29, 0.717) is 5.39 Å². The van der Waals surface area contributed by atoms with E-state index in [0.717, 1.165) is 31.0 Å². The van der Waals surface area contributed by atoms with E-state index in [1.165, 1.54) is 22.3 Å². The summed E-state index contributed by atoms with van der Waals surface area (Å²) in [7, 11) is 0. The molecule has 0 bridgehead atoms. The molecule has 0 radical (unpaired) electrons. The molecule has 1 aromatic heterocycles. The fraction of sp³-hybridized carbons (Fsp3) is 0.400. The van der Waals surface area contributed by atoms with Gasteiger partial charge in [0.15, 0.2) is 5.82 Å². The molecule has 0 amide bonds. The number of para-hydroxylation sites is 1. The Kier molecular flexibility index (Phi) is 3.48. The van der Waals surface area contributed by atoms with Crippen LogP contribution >= 0.6 is 0 Å². The zero-order valence-electron chi connectivity index (χ0n) is 11.3. The number of rotatable bonds is 3. The van der Waals surface area contributed by atoms with E-state index in [4.69, 9.17) is 5.26 Å². The van der Waals surface area contributed by atoms with Gasteiger partial charge in [0.1, 0.15) is 13.1 Å². The minimum Gasteiger partial charge on any atom is -0.329 e. The minimum atomic E-state index is -0.106. The summed E-state index contributed by atoms with van der Waals surface area (Å²) >= 11 is 0. The van der Waals surface area contributed by atoms with E-state index in [1.54, 1.807) is 6.07 Å². The summed E-state index contributed by atoms with van der Waals surface area (Å²) in [5.74, 6) is 0.729. The molecule has 0 aliphatic carbocycles. The highest BCUT2D eigenvalue weighted by Crippen LogP contribution is 2.07. The number of nitrogens with zero attached hydrogens (tertiary/aromatic N) is 3. The minimum absolute atomic E-state index is 0.0687. The van der Waals surface area contributed by atoms with Gasteiger partial charge in [0, 0.05) is 12.8 Å². The lowest BCUT2D eigenvalue weighted by molar-refractivity contribution is -0.902. The first-order valence-corrected chi connectivity index (χ1v) is 6.98. The van der Waals surface area contributed by atoms with Crippen LogP contribution in [0, 0.1) is 11.3 Å². The van der Waals surface area contributed by atoms with Crippen molar-refractivity contribution in [3.8, 4) is 6.07 Å². The number of quaternary nitrogens is 1. The van der Waals surface area contributed by atoms with Gasteiger partial charge in [-0.1, -0.05) is 12.1 Å². The van der Waals surface area contributed by atoms with Crippen LogP contribution in [-0.2, 0) is 13.1 Å². The number of likely N-dealkylation sites (tertiary alicyclic amines) is 1. The monoisotopic (exact) mass is 269 g/mol. The third kappa shape index (κ3) is 2.30. The number of hydrogen-bond acceptors (Lipinski definition) is 3. The molecule has 0 atom stereocenters. The van der Waals surface area contributed by atoms with Gasteiger partial charge in [0.2, 0.25) is 0 Å². The molecule has 5 nitrogen and oxygen atoms in total. The van der Waals surface area contributed by atoms with Gasteiger partial charge in [-0.05, 0) is 12.1 Å². The number of benzene rings is 1. The Labute approximate surface area is 117 Å². The van der Waals surface area contributed by atoms with Gasteiger partial charge in [0.25, 0.3) is 5.56 Å². The summed E-state index contributed by atoms with van der Waals surface area (Å²) in [6.07, 6.45) is 2.46. The van der Waals surface area contributed by atoms with Crippen molar-refractivity contribution in [1.29, 1.82) is 5.26 Å². The first kappa shape index (κ1) is 12.8. The van der Waals surface area contributed by atoms with Crippen molar-refractivity contribution in [2.24, 2.45) is 0 Å². The summed E-state index contributed by atoms with van der Waals surface area (Å²) in [5, 5.41) is 9.54. The van der Waals surface area contributed by atoms with Crippen LogP contribution < -0.4 is 10.5 Å². The Morgan fingerprint density at radius 1 is 1.30 bits per heavy atom. The average molecular weight is 269 g/mol. The number of nitriles is 1. The average Bonchev–Trinajstić information content (AvgIpc) is 2.96. The molecule has 1 aliphatic rings. The van der Waals surface area contributed by atoms with Crippen LogP contribution in [0.5, 0.6) is 0 Å². The summed E-state index contributed by atoms with van der Waals surface area (Å²) in [6, 6.07) is 9.41. The van der Waals surface area contributed by atoms with Crippen LogP contribution in [0.4, 0.5) is 0 Å². The van der Waals surface area contributed by atoms with Crippen molar-refractivity contribution in [2.75, 3.05) is 13.1 Å². The highest BCUT2D eigenvalue weighted by Gasteiger charge is 2.19. The van der Waals surface area contributed by atoms with Crippen LogP contribution in [0.3, 0.4) is 0 Å². The molecular weight excluding hydrogens is 252 g/mol. The molecule has 1 aromatic carbocycles. The second-order valence-corrected chi connectivity index (χ2v) is 5.23. The number of nitrogens with one attached hydrogen (secondary N) is 1. The lowest BCUT2D eigenvalue weighted by atomic mass is 10.2. The first-order chi connectivity index (χ1) is 9.79. The quantitative estimate of drug-likeness (QED) is 0.859. The smallest absolute Gasteiger partial charge is 0.262 e. The Bertz CT molecular complexity index is 723. The molecule has 0 spiro atoms. The van der Waals surface area contributed by atoms with Crippen LogP contribution in [0.15, 0.2) is 29.1 Å². The molecule has 1 fully saturated rings. The van der Waals surface area contributed by atoms with Gasteiger partial charge < -0.3 is 4.90 Å². The molecule has 1 saturated heterocycles. The summed E-state index contributed by atoms with van der Waals surface area (Å²) < 4.78 is 1.52. The van der Waals surface area contributed by atoms with Crippen LogP contribution in [-0.4, -0.2) is 22.6 Å². The Balaban J connectivity index is 2.10. The third-order valence-electron chi connectivity index (χ3n) is 3.89. The Hall–Kier alpha value is -2.19. The van der Waals surface area contributed by atoms with E-state index >= 15 is 0 Å². The summed E-state index contributed by atoms with van der Waals surface area (Å²) in [5.41, 5.74) is 0.617. The van der Waals surface area contributed by atoms with E-state index in [2.05, 4.69) is 11.1 Å². The fourth-order valence-corrected chi connectivity index (χ4v) is 2.86. The lowest BCUT2D eigenvalue weighted by Crippen LogP contribution is -3.08. The molecule has 2 aromatic rings. The van der Waals surface area contributed by atoms with Crippen LogP contribution in [0.2, 0.25) is 0 Å². The van der Waals surface area contributed by atoms with Crippen molar-refractivity contribution >= 4 is 10.9 Å². The predicted octanol–water partition coefficient (Wildman–Crippen LogP) is 0.0988. The number of fused-ring (bicyclic) bond motifs is 1. The fourth-order valence-electron chi connectivity index (χ4n) is 2.86. The lowest BCUT2D eigenvalue weighted by Gasteiger charge is -2.15. The molecule has 3 rings (SSSR count). The molecular formula is C15H17N4O+. The zero-order valence-corrected chi connectivity index (χ0v) is 11.3. The molecule has 1 aliphatic heterocycles. The highest BCUT2D eigenvalue weighted by molar-refractivity contribution is 5.77. The summed E-state index contributed by atoms with van der Waals surface area (Å²) in [4.78, 5) is 18.5. The largest absolute Gasteiger partial charge is 0.329 e. The maximum Gasteiger partial charge on any atom is 0.262 e. The first-order valence-electron chi connectivity index (χ1n) is 6.98. The molecule has 5 heteroatoms. The van der Waals surface area contributed by atoms with E-state index < -0.39 is 0 Å². The van der Waals surface area contributed by atoms with Crippen molar-refractivity contribution in [3.63, 3.8) is 0 Å². The highest BCUT2D eigenvalue weighted by atomic mass is 16.1. The maximum absolute atomic E-state index is 12.5. The second kappa shape index (κ2) is 5.43. The van der Waals surface area contributed by atoms with Crippen molar-refractivity contribution in [2.45, 2.75) is 25.9 Å². The normalized spacial score (nSPS) is 15.6. The van der Waals surface area contributed by atoms with Gasteiger partial charge in [-0.3, -0.25) is 9.36 Å². The Morgan fingerprint density at radius 3 is 2.80 bits per heavy atom. The van der Waals surface area contributed by atoms with Gasteiger partial charge in [-0.2, -0.15) is 5.26 Å². The van der Waals surface area contributed by atoms with Crippen molar-refractivity contribution in [1.82, 2.24) is 9.55 Å². The van der Waals surface area contributed by atoms with E-state index in [9.17, 15) is 4.79 Å². The molecule has 1 N–H and O–H groups in total. The number of aromatic nitrogens is 2. The third-order valence-corrected chi connectivity index (χ3v) is 3.89. The van der Waals surface area contributed by atoms with Crippen molar-refractivity contribution < 1.29 is 4.90 Å². The predicted molar refractivity (Wildman–Crippen MR) is 75.3 cm³/mol. The number of hydrogen-bond donors (Lipinski definition) is 1. The topological polar surface area (TPSA) is 63.1 Å². The van der Waals surface area contributed by atoms with Crippen LogP contribution in [0.25, 0.3) is 10.9 Å². The van der Waals surface area contributed by atoms with E-state index in [-0.39, 0.29) is 12.1 Å². The summed E-state index contributed by atoms with van der Waals surface area (Å²) in [6.45, 7) is 3.03. The maximum atomic E-state index is 12.5. The standard InChI is InChI=1S/C15H16N4O/c16-7-10-19-14(11-18-8-3-4-9-18)17-13-6-2-1-5-12(13)15(19)20/h1-2,5-6H,3-4,8-11H2/p+1. The van der Waals surface area contributed by atoms with Gasteiger partial charge in [-0.15, -0.1) is 0 Å². The second-order valence-electron chi connectivity index (χ2n) is 5.23. The Morgan fingerprint density at radius 2 is 2.05 bits per heavy atom. The molecule has 20 heavy (non-hydrogen) atoms. The van der Waals surface area contributed by atoms with Gasteiger partial charge >= 0.3 is 0 Å². The SMILES string of the molecule is N#CCn1c(C[NH+]2CCCC2)nc2ccccc2c1=O. The molecule has 0 saturated carbocycles. The van der Waals surface area contributed by atoms with E-state index in [1.807, 2.05) is 18.2 Å². The zero-order chi connectivity index (χ0) is 13.9. The molecule has 102 valence electrons. The molecule has 0 unspecified atom stereocenters.